The second-order valence-electron chi connectivity index (χ2n) is 5.32. The van der Waals surface area contributed by atoms with E-state index in [-0.39, 0.29) is 10.7 Å². The molecular weight excluding hydrogens is 248 g/mol. The second kappa shape index (κ2) is 4.84. The van der Waals surface area contributed by atoms with Crippen molar-refractivity contribution in [2.24, 2.45) is 0 Å². The molecule has 6 heteroatoms. The highest BCUT2D eigenvalue weighted by atomic mass is 32.2. The fraction of sp³-hybridized carbons (Fsp3) is 0.667. The van der Waals surface area contributed by atoms with Crippen molar-refractivity contribution in [1.82, 2.24) is 15.5 Å². The summed E-state index contributed by atoms with van der Waals surface area (Å²) in [5, 5.41) is 9.80. The number of hydrogen-bond acceptors (Lipinski definition) is 4. The molecule has 0 bridgehead atoms. The molecular formula is C12H20N4OS. The molecule has 0 spiro atoms. The van der Waals surface area contributed by atoms with Gasteiger partial charge in [0.25, 0.3) is 5.91 Å². The average molecular weight is 268 g/mol. The number of nitrogen functional groups attached to an aromatic ring is 1. The van der Waals surface area contributed by atoms with Crippen molar-refractivity contribution in [2.45, 2.75) is 37.4 Å². The van der Waals surface area contributed by atoms with Crippen LogP contribution in [0.4, 0.5) is 5.69 Å². The predicted octanol–water partition coefficient (Wildman–Crippen LogP) is 1.74. The smallest absolute Gasteiger partial charge is 0.273 e. The van der Waals surface area contributed by atoms with Gasteiger partial charge in [-0.3, -0.25) is 9.89 Å². The molecule has 2 rings (SSSR count). The number of hydrogen-bond donors (Lipinski definition) is 3. The summed E-state index contributed by atoms with van der Waals surface area (Å²) < 4.78 is 0.0139. The van der Waals surface area contributed by atoms with Crippen LogP contribution in [-0.2, 0) is 0 Å². The maximum absolute atomic E-state index is 12.0. The van der Waals surface area contributed by atoms with E-state index < -0.39 is 0 Å². The normalized spacial score (nSPS) is 15.7. The molecule has 1 saturated carbocycles. The van der Waals surface area contributed by atoms with Gasteiger partial charge in [0.15, 0.2) is 5.69 Å². The molecule has 0 unspecified atom stereocenters. The minimum atomic E-state index is -0.197. The Morgan fingerprint density at radius 3 is 2.83 bits per heavy atom. The van der Waals surface area contributed by atoms with E-state index >= 15 is 0 Å². The van der Waals surface area contributed by atoms with Crippen LogP contribution >= 0.6 is 11.8 Å². The zero-order valence-electron chi connectivity index (χ0n) is 11.0. The first-order valence-corrected chi connectivity index (χ1v) is 7.34. The minimum Gasteiger partial charge on any atom is -0.395 e. The highest BCUT2D eigenvalue weighted by Gasteiger charge is 2.30. The number of H-pyrrole nitrogens is 1. The molecule has 0 radical (unpaired) electrons. The largest absolute Gasteiger partial charge is 0.395 e. The SMILES string of the molecule is CSC(C)(C)CNC(=O)c1n[nH]c(C2CC2)c1N. The standard InChI is InChI=1S/C12H20N4OS/c1-12(2,18-3)6-14-11(17)10-8(13)9(15-16-10)7-4-5-7/h7H,4-6,13H2,1-3H3,(H,14,17)(H,15,16). The summed E-state index contributed by atoms with van der Waals surface area (Å²) in [6, 6.07) is 0. The topological polar surface area (TPSA) is 83.8 Å². The van der Waals surface area contributed by atoms with Gasteiger partial charge in [0.05, 0.1) is 11.4 Å². The number of nitrogens with two attached hydrogens (primary N) is 1. The monoisotopic (exact) mass is 268 g/mol. The van der Waals surface area contributed by atoms with Crippen molar-refractivity contribution in [3.63, 3.8) is 0 Å². The lowest BCUT2D eigenvalue weighted by Gasteiger charge is -2.21. The van der Waals surface area contributed by atoms with E-state index in [1.165, 1.54) is 0 Å². The molecule has 100 valence electrons. The van der Waals surface area contributed by atoms with Gasteiger partial charge in [-0.15, -0.1) is 0 Å². The van der Waals surface area contributed by atoms with Gasteiger partial charge in [-0.05, 0) is 32.9 Å². The number of nitrogens with one attached hydrogen (secondary N) is 2. The van der Waals surface area contributed by atoms with E-state index in [9.17, 15) is 4.79 Å². The van der Waals surface area contributed by atoms with Crippen molar-refractivity contribution in [2.75, 3.05) is 18.5 Å². The molecule has 4 N–H and O–H groups in total. The Hall–Kier alpha value is -1.17. The molecule has 0 aliphatic heterocycles. The maximum atomic E-state index is 12.0. The minimum absolute atomic E-state index is 0.0139. The fourth-order valence-corrected chi connectivity index (χ4v) is 1.89. The van der Waals surface area contributed by atoms with Crippen molar-refractivity contribution in [1.29, 1.82) is 0 Å². The summed E-state index contributed by atoms with van der Waals surface area (Å²) in [4.78, 5) is 12.0. The Morgan fingerprint density at radius 1 is 1.61 bits per heavy atom. The van der Waals surface area contributed by atoms with Crippen LogP contribution in [0.3, 0.4) is 0 Å². The molecule has 0 atom stereocenters. The Labute approximate surface area is 111 Å². The zero-order valence-corrected chi connectivity index (χ0v) is 11.9. The Bertz CT molecular complexity index is 451. The fourth-order valence-electron chi connectivity index (χ4n) is 1.67. The molecule has 0 aromatic carbocycles. The Balaban J connectivity index is 2.01. The van der Waals surface area contributed by atoms with Gasteiger partial charge < -0.3 is 11.1 Å². The van der Waals surface area contributed by atoms with Crippen LogP contribution in [0.1, 0.15) is 48.8 Å². The summed E-state index contributed by atoms with van der Waals surface area (Å²) in [5.41, 5.74) is 7.72. The number of thioether (sulfide) groups is 1. The van der Waals surface area contributed by atoms with Gasteiger partial charge in [0.2, 0.25) is 0 Å². The molecule has 0 saturated heterocycles. The number of rotatable bonds is 5. The quantitative estimate of drug-likeness (QED) is 0.759. The third kappa shape index (κ3) is 2.80. The lowest BCUT2D eigenvalue weighted by atomic mass is 10.2. The van der Waals surface area contributed by atoms with Crippen molar-refractivity contribution in [3.8, 4) is 0 Å². The van der Waals surface area contributed by atoms with Crippen molar-refractivity contribution >= 4 is 23.4 Å². The zero-order chi connectivity index (χ0) is 13.3. The molecule has 1 aromatic heterocycles. The third-order valence-electron chi connectivity index (χ3n) is 3.26. The van der Waals surface area contributed by atoms with E-state index in [1.54, 1.807) is 11.8 Å². The summed E-state index contributed by atoms with van der Waals surface area (Å²) >= 11 is 1.71. The van der Waals surface area contributed by atoms with Crippen LogP contribution in [0.25, 0.3) is 0 Å². The van der Waals surface area contributed by atoms with E-state index in [0.717, 1.165) is 18.5 Å². The summed E-state index contributed by atoms with van der Waals surface area (Å²) in [7, 11) is 0. The molecule has 1 heterocycles. The lowest BCUT2D eigenvalue weighted by molar-refractivity contribution is 0.0946. The number of aromatic nitrogens is 2. The number of carbonyl (C=O) groups excluding carboxylic acids is 1. The summed E-state index contributed by atoms with van der Waals surface area (Å²) in [6.45, 7) is 4.76. The van der Waals surface area contributed by atoms with Gasteiger partial charge in [-0.2, -0.15) is 16.9 Å². The lowest BCUT2D eigenvalue weighted by Crippen LogP contribution is -2.36. The summed E-state index contributed by atoms with van der Waals surface area (Å²) in [6.07, 6.45) is 4.29. The van der Waals surface area contributed by atoms with E-state index in [2.05, 4.69) is 29.4 Å². The average Bonchev–Trinajstić information content (AvgIpc) is 3.10. The van der Waals surface area contributed by atoms with Gasteiger partial charge in [0.1, 0.15) is 0 Å². The predicted molar refractivity (Wildman–Crippen MR) is 74.9 cm³/mol. The molecule has 1 aliphatic rings. The van der Waals surface area contributed by atoms with Crippen LogP contribution in [0, 0.1) is 0 Å². The van der Waals surface area contributed by atoms with Crippen LogP contribution in [0.15, 0.2) is 0 Å². The maximum Gasteiger partial charge on any atom is 0.273 e. The Morgan fingerprint density at radius 2 is 2.28 bits per heavy atom. The number of amides is 1. The number of nitrogens with zero attached hydrogens (tertiary/aromatic N) is 1. The first kappa shape index (κ1) is 13.3. The van der Waals surface area contributed by atoms with Crippen LogP contribution in [0.5, 0.6) is 0 Å². The molecule has 18 heavy (non-hydrogen) atoms. The van der Waals surface area contributed by atoms with Crippen molar-refractivity contribution in [3.05, 3.63) is 11.4 Å². The second-order valence-corrected chi connectivity index (χ2v) is 6.83. The van der Waals surface area contributed by atoms with E-state index in [1.807, 2.05) is 6.26 Å². The molecule has 1 aromatic rings. The first-order valence-electron chi connectivity index (χ1n) is 6.11. The molecule has 5 nitrogen and oxygen atoms in total. The van der Waals surface area contributed by atoms with Crippen LogP contribution < -0.4 is 11.1 Å². The Kier molecular flexibility index (Phi) is 3.56. The molecule has 1 amide bonds. The third-order valence-corrected chi connectivity index (χ3v) is 4.51. The number of carbonyl (C=O) groups is 1. The van der Waals surface area contributed by atoms with Gasteiger partial charge >= 0.3 is 0 Å². The molecule has 1 aliphatic carbocycles. The highest BCUT2D eigenvalue weighted by Crippen LogP contribution is 2.42. The van der Waals surface area contributed by atoms with E-state index in [4.69, 9.17) is 5.73 Å². The van der Waals surface area contributed by atoms with Gasteiger partial charge in [0, 0.05) is 17.2 Å². The van der Waals surface area contributed by atoms with E-state index in [0.29, 0.717) is 23.8 Å². The highest BCUT2D eigenvalue weighted by molar-refractivity contribution is 7.99. The van der Waals surface area contributed by atoms with Crippen molar-refractivity contribution < 1.29 is 4.79 Å². The van der Waals surface area contributed by atoms with Crippen LogP contribution in [-0.4, -0.2) is 33.7 Å². The van der Waals surface area contributed by atoms with Gasteiger partial charge in [-0.25, -0.2) is 0 Å². The number of anilines is 1. The first-order chi connectivity index (χ1) is 8.44. The summed E-state index contributed by atoms with van der Waals surface area (Å²) in [5.74, 6) is 0.277. The van der Waals surface area contributed by atoms with Crippen LogP contribution in [0.2, 0.25) is 0 Å². The number of aromatic amines is 1. The molecule has 1 fully saturated rings. The van der Waals surface area contributed by atoms with Gasteiger partial charge in [-0.1, -0.05) is 0 Å².